The number of aliphatic hydroxyl groups excluding tert-OH is 1. The largest absolute Gasteiger partial charge is 0.444 e. The summed E-state index contributed by atoms with van der Waals surface area (Å²) >= 11 is 0. The second-order valence-corrected chi connectivity index (χ2v) is 7.36. The van der Waals surface area contributed by atoms with E-state index in [4.69, 9.17) is 9.47 Å². The summed E-state index contributed by atoms with van der Waals surface area (Å²) in [5, 5.41) is 13.3. The molecule has 1 fully saturated rings. The molecule has 21 heavy (non-hydrogen) atoms. The molecule has 0 aromatic rings. The van der Waals surface area contributed by atoms with E-state index in [-0.39, 0.29) is 24.2 Å². The minimum atomic E-state index is -0.708. The van der Waals surface area contributed by atoms with Gasteiger partial charge in [0, 0.05) is 0 Å². The van der Waals surface area contributed by atoms with Crippen LogP contribution < -0.4 is 5.32 Å². The number of hydrogen-bond acceptors (Lipinski definition) is 4. The Morgan fingerprint density at radius 3 is 2.24 bits per heavy atom. The number of hydrogen-bond donors (Lipinski definition) is 2. The molecule has 1 saturated heterocycles. The van der Waals surface area contributed by atoms with Gasteiger partial charge in [0.25, 0.3) is 0 Å². The van der Waals surface area contributed by atoms with Crippen LogP contribution in [0.4, 0.5) is 4.79 Å². The SMILES string of the molecule is CCC(C)[C@H](NC(=O)OC(C)(C)C)[C@H](O)[C@H]1O[C@@H]1C(C)C. The third-order valence-electron chi connectivity index (χ3n) is 3.86. The molecule has 1 heterocycles. The molecule has 124 valence electrons. The molecule has 1 amide bonds. The first kappa shape index (κ1) is 18.2. The number of carbonyl (C=O) groups excluding carboxylic acids is 1. The zero-order valence-electron chi connectivity index (χ0n) is 14.3. The molecular weight excluding hydrogens is 270 g/mol. The minimum Gasteiger partial charge on any atom is -0.444 e. The minimum absolute atomic E-state index is 0.0759. The molecule has 2 N–H and O–H groups in total. The van der Waals surface area contributed by atoms with Crippen LogP contribution in [0.1, 0.15) is 54.9 Å². The Morgan fingerprint density at radius 1 is 1.29 bits per heavy atom. The maximum absolute atomic E-state index is 12.0. The molecule has 0 saturated carbocycles. The molecule has 0 aromatic heterocycles. The van der Waals surface area contributed by atoms with Crippen LogP contribution in [0.3, 0.4) is 0 Å². The predicted molar refractivity (Wildman–Crippen MR) is 82.1 cm³/mol. The van der Waals surface area contributed by atoms with Gasteiger partial charge in [-0.3, -0.25) is 0 Å². The van der Waals surface area contributed by atoms with Crippen molar-refractivity contribution in [2.24, 2.45) is 11.8 Å². The summed E-state index contributed by atoms with van der Waals surface area (Å²) in [6.45, 7) is 13.6. The molecule has 1 rings (SSSR count). The second-order valence-electron chi connectivity index (χ2n) is 7.36. The van der Waals surface area contributed by atoms with Crippen molar-refractivity contribution in [3.05, 3.63) is 0 Å². The molecule has 5 heteroatoms. The Kier molecular flexibility index (Phi) is 6.05. The molecule has 0 spiro atoms. The quantitative estimate of drug-likeness (QED) is 0.740. The summed E-state index contributed by atoms with van der Waals surface area (Å²) < 4.78 is 10.8. The first-order chi connectivity index (χ1) is 9.56. The van der Waals surface area contributed by atoms with Gasteiger partial charge in [-0.1, -0.05) is 34.1 Å². The molecule has 5 atom stereocenters. The molecule has 0 bridgehead atoms. The third-order valence-corrected chi connectivity index (χ3v) is 3.86. The Labute approximate surface area is 128 Å². The first-order valence-corrected chi connectivity index (χ1v) is 7.89. The molecule has 1 unspecified atom stereocenters. The summed E-state index contributed by atoms with van der Waals surface area (Å²) in [4.78, 5) is 12.0. The summed E-state index contributed by atoms with van der Waals surface area (Å²) in [5.41, 5.74) is -0.550. The van der Waals surface area contributed by atoms with Gasteiger partial charge in [0.15, 0.2) is 0 Å². The molecule has 0 aromatic carbocycles. The molecule has 5 nitrogen and oxygen atoms in total. The van der Waals surface area contributed by atoms with Gasteiger partial charge in [0.1, 0.15) is 17.8 Å². The van der Waals surface area contributed by atoms with Crippen molar-refractivity contribution in [2.45, 2.75) is 84.8 Å². The van der Waals surface area contributed by atoms with Gasteiger partial charge in [-0.25, -0.2) is 4.79 Å². The summed E-state index contributed by atoms with van der Waals surface area (Å²) in [6, 6.07) is -0.362. The van der Waals surface area contributed by atoms with E-state index in [0.29, 0.717) is 5.92 Å². The topological polar surface area (TPSA) is 71.1 Å². The Balaban J connectivity index is 2.66. The van der Waals surface area contributed by atoms with Crippen molar-refractivity contribution in [1.29, 1.82) is 0 Å². The summed E-state index contributed by atoms with van der Waals surface area (Å²) in [5.74, 6) is 0.508. The van der Waals surface area contributed by atoms with Gasteiger partial charge in [0.05, 0.1) is 12.1 Å². The van der Waals surface area contributed by atoms with Crippen LogP contribution in [-0.4, -0.2) is 41.2 Å². The van der Waals surface area contributed by atoms with Crippen molar-refractivity contribution >= 4 is 6.09 Å². The Morgan fingerprint density at radius 2 is 1.86 bits per heavy atom. The van der Waals surface area contributed by atoms with E-state index in [0.717, 1.165) is 6.42 Å². The van der Waals surface area contributed by atoms with E-state index in [1.807, 2.05) is 34.6 Å². The van der Waals surface area contributed by atoms with E-state index in [2.05, 4.69) is 19.2 Å². The van der Waals surface area contributed by atoms with Gasteiger partial charge >= 0.3 is 6.09 Å². The van der Waals surface area contributed by atoms with Crippen LogP contribution in [0.2, 0.25) is 0 Å². The summed E-state index contributed by atoms with van der Waals surface area (Å²) in [6.07, 6.45) is -0.462. The number of aliphatic hydroxyl groups is 1. The molecule has 1 aliphatic heterocycles. The number of rotatable bonds is 6. The van der Waals surface area contributed by atoms with Crippen molar-refractivity contribution < 1.29 is 19.4 Å². The van der Waals surface area contributed by atoms with Gasteiger partial charge in [-0.05, 0) is 32.6 Å². The average molecular weight is 301 g/mol. The highest BCUT2D eigenvalue weighted by Crippen LogP contribution is 2.34. The van der Waals surface area contributed by atoms with E-state index in [1.165, 1.54) is 0 Å². The standard InChI is InChI=1S/C16H31NO4/c1-8-10(4)11(17-15(19)21-16(5,6)7)12(18)14-13(20-14)9(2)3/h9-14,18H,8H2,1-7H3,(H,17,19)/t10?,11-,12-,13+,14+/m0/s1. The highest BCUT2D eigenvalue weighted by atomic mass is 16.6. The van der Waals surface area contributed by atoms with Crippen molar-refractivity contribution in [3.8, 4) is 0 Å². The lowest BCUT2D eigenvalue weighted by Gasteiger charge is -2.30. The monoisotopic (exact) mass is 301 g/mol. The normalized spacial score (nSPS) is 26.1. The van der Waals surface area contributed by atoms with Crippen LogP contribution in [0.15, 0.2) is 0 Å². The van der Waals surface area contributed by atoms with Crippen LogP contribution in [-0.2, 0) is 9.47 Å². The number of nitrogens with one attached hydrogen (secondary N) is 1. The van der Waals surface area contributed by atoms with Crippen LogP contribution in [0, 0.1) is 11.8 Å². The van der Waals surface area contributed by atoms with Crippen molar-refractivity contribution in [1.82, 2.24) is 5.32 Å². The zero-order valence-corrected chi connectivity index (χ0v) is 14.3. The second kappa shape index (κ2) is 6.97. The molecule has 0 aliphatic carbocycles. The maximum Gasteiger partial charge on any atom is 0.407 e. The highest BCUT2D eigenvalue weighted by molar-refractivity contribution is 5.68. The van der Waals surface area contributed by atoms with Crippen LogP contribution in [0.5, 0.6) is 0 Å². The van der Waals surface area contributed by atoms with Crippen molar-refractivity contribution in [2.75, 3.05) is 0 Å². The van der Waals surface area contributed by atoms with E-state index >= 15 is 0 Å². The van der Waals surface area contributed by atoms with Gasteiger partial charge in [-0.2, -0.15) is 0 Å². The molecule has 1 aliphatic rings. The fourth-order valence-corrected chi connectivity index (χ4v) is 2.41. The summed E-state index contributed by atoms with van der Waals surface area (Å²) in [7, 11) is 0. The third kappa shape index (κ3) is 5.47. The average Bonchev–Trinajstić information content (AvgIpc) is 3.12. The van der Waals surface area contributed by atoms with Gasteiger partial charge in [-0.15, -0.1) is 0 Å². The lowest BCUT2D eigenvalue weighted by molar-refractivity contribution is 0.0310. The fourth-order valence-electron chi connectivity index (χ4n) is 2.41. The van der Waals surface area contributed by atoms with E-state index in [9.17, 15) is 9.90 Å². The molecule has 0 radical (unpaired) electrons. The number of epoxide rings is 1. The molecular formula is C16H31NO4. The Hall–Kier alpha value is -0.810. The van der Waals surface area contributed by atoms with Crippen molar-refractivity contribution in [3.63, 3.8) is 0 Å². The smallest absolute Gasteiger partial charge is 0.407 e. The number of carbonyl (C=O) groups is 1. The van der Waals surface area contributed by atoms with Crippen LogP contribution >= 0.6 is 0 Å². The Bertz CT molecular complexity index is 351. The first-order valence-electron chi connectivity index (χ1n) is 7.89. The predicted octanol–water partition coefficient (Wildman–Crippen LogP) is 2.71. The lowest BCUT2D eigenvalue weighted by Crippen LogP contribution is -2.51. The zero-order chi connectivity index (χ0) is 16.4. The fraction of sp³-hybridized carbons (Fsp3) is 0.938. The van der Waals surface area contributed by atoms with Gasteiger partial charge in [0.2, 0.25) is 0 Å². The van der Waals surface area contributed by atoms with E-state index in [1.54, 1.807) is 0 Å². The lowest BCUT2D eigenvalue weighted by atomic mass is 9.90. The number of ether oxygens (including phenoxy) is 2. The number of alkyl carbamates (subject to hydrolysis) is 1. The van der Waals surface area contributed by atoms with E-state index < -0.39 is 17.8 Å². The highest BCUT2D eigenvalue weighted by Gasteiger charge is 2.49. The van der Waals surface area contributed by atoms with Crippen LogP contribution in [0.25, 0.3) is 0 Å². The van der Waals surface area contributed by atoms with Gasteiger partial charge < -0.3 is 19.9 Å². The number of amides is 1. The maximum atomic E-state index is 12.0.